The molecule has 0 aliphatic carbocycles. The van der Waals surface area contributed by atoms with Crippen molar-refractivity contribution in [1.29, 1.82) is 0 Å². The second-order valence-corrected chi connectivity index (χ2v) is 5.90. The standard InChI is InChI=1S/C15H26N4O2S.HI/c1-4-21-9-6-8-16-15(18-12-14(20)19(2)3)17-11-13-7-5-10-22-13;/h5,7,10H,4,6,8-9,11-12H2,1-3H3,(H2,16,17,18);1H. The van der Waals surface area contributed by atoms with Crippen molar-refractivity contribution in [3.05, 3.63) is 22.4 Å². The molecule has 0 bridgehead atoms. The predicted octanol–water partition coefficient (Wildman–Crippen LogP) is 1.92. The minimum Gasteiger partial charge on any atom is -0.382 e. The molecule has 0 aliphatic heterocycles. The molecule has 1 rings (SSSR count). The van der Waals surface area contributed by atoms with Crippen molar-refractivity contribution >= 4 is 47.2 Å². The number of rotatable bonds is 9. The third-order valence-electron chi connectivity index (χ3n) is 2.84. The van der Waals surface area contributed by atoms with E-state index in [1.165, 1.54) is 9.78 Å². The molecule has 1 amide bonds. The molecule has 23 heavy (non-hydrogen) atoms. The predicted molar refractivity (Wildman–Crippen MR) is 107 cm³/mol. The fourth-order valence-electron chi connectivity index (χ4n) is 1.57. The van der Waals surface area contributed by atoms with Gasteiger partial charge in [0.2, 0.25) is 5.91 Å². The van der Waals surface area contributed by atoms with Crippen molar-refractivity contribution in [2.24, 2.45) is 4.99 Å². The van der Waals surface area contributed by atoms with Crippen LogP contribution in [0.4, 0.5) is 0 Å². The van der Waals surface area contributed by atoms with E-state index in [4.69, 9.17) is 4.74 Å². The molecule has 0 unspecified atom stereocenters. The number of ether oxygens (including phenoxy) is 1. The lowest BCUT2D eigenvalue weighted by molar-refractivity contribution is -0.127. The van der Waals surface area contributed by atoms with Crippen LogP contribution in [0.15, 0.2) is 22.5 Å². The second kappa shape index (κ2) is 13.6. The van der Waals surface area contributed by atoms with Crippen molar-refractivity contribution in [3.63, 3.8) is 0 Å². The van der Waals surface area contributed by atoms with Gasteiger partial charge < -0.3 is 20.3 Å². The lowest BCUT2D eigenvalue weighted by atomic mass is 10.4. The first-order chi connectivity index (χ1) is 10.6. The summed E-state index contributed by atoms with van der Waals surface area (Å²) in [6.45, 7) is 5.03. The van der Waals surface area contributed by atoms with E-state index in [1.54, 1.807) is 25.4 Å². The van der Waals surface area contributed by atoms with Gasteiger partial charge in [0, 0.05) is 38.7 Å². The molecule has 0 aromatic carbocycles. The van der Waals surface area contributed by atoms with Gasteiger partial charge in [-0.15, -0.1) is 35.3 Å². The zero-order chi connectivity index (χ0) is 16.2. The topological polar surface area (TPSA) is 66.0 Å². The van der Waals surface area contributed by atoms with Crippen molar-refractivity contribution in [2.75, 3.05) is 40.4 Å². The van der Waals surface area contributed by atoms with E-state index in [2.05, 4.69) is 21.7 Å². The Morgan fingerprint density at radius 1 is 1.39 bits per heavy atom. The highest BCUT2D eigenvalue weighted by Gasteiger charge is 2.04. The number of nitrogens with zero attached hydrogens (tertiary/aromatic N) is 2. The molecule has 0 spiro atoms. The molecule has 1 heterocycles. The normalized spacial score (nSPS) is 10.8. The number of carbonyl (C=O) groups is 1. The van der Waals surface area contributed by atoms with Crippen LogP contribution in [0.2, 0.25) is 0 Å². The molecule has 0 fully saturated rings. The maximum absolute atomic E-state index is 11.6. The quantitative estimate of drug-likeness (QED) is 0.259. The van der Waals surface area contributed by atoms with E-state index in [-0.39, 0.29) is 36.4 Å². The van der Waals surface area contributed by atoms with Gasteiger partial charge >= 0.3 is 0 Å². The van der Waals surface area contributed by atoms with E-state index < -0.39 is 0 Å². The lowest BCUT2D eigenvalue weighted by Crippen LogP contribution is -2.38. The Morgan fingerprint density at radius 2 is 2.17 bits per heavy atom. The molecule has 1 aromatic rings. The highest BCUT2D eigenvalue weighted by Crippen LogP contribution is 2.07. The molecule has 0 saturated carbocycles. The van der Waals surface area contributed by atoms with Crippen molar-refractivity contribution in [2.45, 2.75) is 19.9 Å². The maximum atomic E-state index is 11.6. The first kappa shape index (κ1) is 22.1. The minimum atomic E-state index is -0.0217. The first-order valence-corrected chi connectivity index (χ1v) is 8.34. The van der Waals surface area contributed by atoms with Gasteiger partial charge in [0.15, 0.2) is 5.96 Å². The third-order valence-corrected chi connectivity index (χ3v) is 3.72. The highest BCUT2D eigenvalue weighted by molar-refractivity contribution is 14.0. The van der Waals surface area contributed by atoms with Crippen LogP contribution < -0.4 is 10.6 Å². The molecular weight excluding hydrogens is 427 g/mol. The number of nitrogens with one attached hydrogen (secondary N) is 2. The van der Waals surface area contributed by atoms with Gasteiger partial charge in [-0.05, 0) is 24.8 Å². The Balaban J connectivity index is 0.00000484. The summed E-state index contributed by atoms with van der Waals surface area (Å²) in [7, 11) is 3.46. The van der Waals surface area contributed by atoms with E-state index in [0.717, 1.165) is 26.2 Å². The largest absolute Gasteiger partial charge is 0.382 e. The second-order valence-electron chi connectivity index (χ2n) is 4.86. The summed E-state index contributed by atoms with van der Waals surface area (Å²) >= 11 is 1.69. The molecule has 6 nitrogen and oxygen atoms in total. The number of likely N-dealkylation sites (N-methyl/N-ethyl adjacent to an activating group) is 1. The summed E-state index contributed by atoms with van der Waals surface area (Å²) in [4.78, 5) is 18.7. The number of halogens is 1. The summed E-state index contributed by atoms with van der Waals surface area (Å²) in [5.74, 6) is 0.631. The van der Waals surface area contributed by atoms with Gasteiger partial charge in [0.25, 0.3) is 0 Å². The molecule has 2 N–H and O–H groups in total. The zero-order valence-electron chi connectivity index (χ0n) is 14.0. The number of guanidine groups is 1. The molecule has 0 atom stereocenters. The number of amides is 1. The first-order valence-electron chi connectivity index (χ1n) is 7.46. The van der Waals surface area contributed by atoms with Gasteiger partial charge in [0.1, 0.15) is 6.54 Å². The van der Waals surface area contributed by atoms with Crippen LogP contribution in [-0.4, -0.2) is 57.2 Å². The van der Waals surface area contributed by atoms with E-state index >= 15 is 0 Å². The Kier molecular flexibility index (Phi) is 13.0. The summed E-state index contributed by atoms with van der Waals surface area (Å²) < 4.78 is 5.30. The fourth-order valence-corrected chi connectivity index (χ4v) is 2.22. The summed E-state index contributed by atoms with van der Waals surface area (Å²) in [5.41, 5.74) is 0. The molecule has 0 radical (unpaired) electrons. The summed E-state index contributed by atoms with van der Waals surface area (Å²) in [6, 6.07) is 4.08. The number of hydrogen-bond donors (Lipinski definition) is 2. The van der Waals surface area contributed by atoms with Gasteiger partial charge in [-0.3, -0.25) is 4.79 Å². The number of carbonyl (C=O) groups excluding carboxylic acids is 1. The van der Waals surface area contributed by atoms with Crippen molar-refractivity contribution in [3.8, 4) is 0 Å². The van der Waals surface area contributed by atoms with Crippen LogP contribution in [0.5, 0.6) is 0 Å². The van der Waals surface area contributed by atoms with Crippen LogP contribution >= 0.6 is 35.3 Å². The van der Waals surface area contributed by atoms with Crippen LogP contribution in [0.3, 0.4) is 0 Å². The maximum Gasteiger partial charge on any atom is 0.243 e. The van der Waals surface area contributed by atoms with E-state index in [9.17, 15) is 4.79 Å². The zero-order valence-corrected chi connectivity index (χ0v) is 17.1. The van der Waals surface area contributed by atoms with Gasteiger partial charge in [-0.1, -0.05) is 6.07 Å². The van der Waals surface area contributed by atoms with Crippen molar-refractivity contribution < 1.29 is 9.53 Å². The highest BCUT2D eigenvalue weighted by atomic mass is 127. The summed E-state index contributed by atoms with van der Waals surface area (Å²) in [5, 5.41) is 8.51. The Hall–Kier alpha value is -0.870. The van der Waals surface area contributed by atoms with Gasteiger partial charge in [0.05, 0.1) is 6.54 Å². The molecular formula is C15H27IN4O2S. The number of aliphatic imine (C=N–C) groups is 1. The Morgan fingerprint density at radius 3 is 2.78 bits per heavy atom. The van der Waals surface area contributed by atoms with Gasteiger partial charge in [-0.2, -0.15) is 0 Å². The SMILES string of the molecule is CCOCCCNC(=NCC(=O)N(C)C)NCc1cccs1.I. The molecule has 132 valence electrons. The molecule has 1 aromatic heterocycles. The number of hydrogen-bond acceptors (Lipinski definition) is 4. The van der Waals surface area contributed by atoms with Gasteiger partial charge in [-0.25, -0.2) is 4.99 Å². The van der Waals surface area contributed by atoms with Crippen LogP contribution in [0.25, 0.3) is 0 Å². The average molecular weight is 454 g/mol. The summed E-state index contributed by atoms with van der Waals surface area (Å²) in [6.07, 6.45) is 0.898. The molecule has 0 saturated heterocycles. The Labute approximate surface area is 159 Å². The van der Waals surface area contributed by atoms with Crippen LogP contribution in [0.1, 0.15) is 18.2 Å². The van der Waals surface area contributed by atoms with Crippen LogP contribution in [-0.2, 0) is 16.1 Å². The lowest BCUT2D eigenvalue weighted by Gasteiger charge is -2.13. The number of thiophene rings is 1. The fraction of sp³-hybridized carbons (Fsp3) is 0.600. The molecule has 0 aliphatic rings. The average Bonchev–Trinajstić information content (AvgIpc) is 3.01. The molecule has 8 heteroatoms. The van der Waals surface area contributed by atoms with E-state index in [1.807, 2.05) is 18.4 Å². The monoisotopic (exact) mass is 454 g/mol. The van der Waals surface area contributed by atoms with E-state index in [0.29, 0.717) is 12.5 Å². The minimum absolute atomic E-state index is 0. The smallest absolute Gasteiger partial charge is 0.243 e. The third kappa shape index (κ3) is 10.5. The Bertz CT molecular complexity index is 452. The van der Waals surface area contributed by atoms with Crippen molar-refractivity contribution in [1.82, 2.24) is 15.5 Å². The van der Waals surface area contributed by atoms with Crippen LogP contribution in [0, 0.1) is 0 Å².